The molecule has 0 aromatic carbocycles. The van der Waals surface area contributed by atoms with E-state index in [-0.39, 0.29) is 0 Å². The third-order valence-electron chi connectivity index (χ3n) is 1.43. The van der Waals surface area contributed by atoms with E-state index in [9.17, 15) is 4.79 Å². The van der Waals surface area contributed by atoms with Crippen LogP contribution in [0.1, 0.15) is 0 Å². The number of rotatable bonds is 4. The van der Waals surface area contributed by atoms with Gasteiger partial charge in [0.05, 0.1) is 18.6 Å². The molecular formula is C9H17ClN2O2. The van der Waals surface area contributed by atoms with Crippen LogP contribution in [0.3, 0.4) is 0 Å². The summed E-state index contributed by atoms with van der Waals surface area (Å²) in [5.74, 6) is 0.240. The molecular weight excluding hydrogens is 204 g/mol. The number of primary amides is 1. The highest BCUT2D eigenvalue weighted by atomic mass is 35.5. The van der Waals surface area contributed by atoms with E-state index < -0.39 is 5.91 Å². The van der Waals surface area contributed by atoms with Crippen LogP contribution in [-0.2, 0) is 9.53 Å². The molecule has 0 aliphatic carbocycles. The molecule has 0 spiro atoms. The zero-order valence-electron chi connectivity index (χ0n) is 8.62. The van der Waals surface area contributed by atoms with Crippen molar-refractivity contribution in [3.63, 3.8) is 0 Å². The second-order valence-electron chi connectivity index (χ2n) is 3.32. The SMILES string of the molecule is C=C(CN(C)C)C(N)=O.ClCC1CO1. The normalized spacial score (nSPS) is 18.4. The van der Waals surface area contributed by atoms with Gasteiger partial charge in [-0.05, 0) is 14.1 Å². The smallest absolute Gasteiger partial charge is 0.245 e. The molecule has 1 rings (SSSR count). The van der Waals surface area contributed by atoms with Crippen molar-refractivity contribution in [1.29, 1.82) is 0 Å². The van der Waals surface area contributed by atoms with Crippen LogP contribution in [0.5, 0.6) is 0 Å². The van der Waals surface area contributed by atoms with Crippen LogP contribution in [0.4, 0.5) is 0 Å². The van der Waals surface area contributed by atoms with Gasteiger partial charge < -0.3 is 15.4 Å². The first-order valence-electron chi connectivity index (χ1n) is 4.27. The molecule has 1 atom stereocenters. The van der Waals surface area contributed by atoms with Crippen LogP contribution in [-0.4, -0.2) is 50.0 Å². The fourth-order valence-electron chi connectivity index (χ4n) is 0.617. The highest BCUT2D eigenvalue weighted by Gasteiger charge is 2.19. The Morgan fingerprint density at radius 3 is 2.29 bits per heavy atom. The maximum absolute atomic E-state index is 10.3. The van der Waals surface area contributed by atoms with Crippen LogP contribution < -0.4 is 5.73 Å². The first-order valence-corrected chi connectivity index (χ1v) is 4.80. The Bertz CT molecular complexity index is 203. The van der Waals surface area contributed by atoms with Crippen LogP contribution in [0, 0.1) is 0 Å². The van der Waals surface area contributed by atoms with Crippen molar-refractivity contribution >= 4 is 17.5 Å². The van der Waals surface area contributed by atoms with Crippen molar-refractivity contribution in [3.8, 4) is 0 Å². The quantitative estimate of drug-likeness (QED) is 0.419. The monoisotopic (exact) mass is 220 g/mol. The van der Waals surface area contributed by atoms with Gasteiger partial charge in [0.15, 0.2) is 0 Å². The zero-order chi connectivity index (χ0) is 11.1. The maximum atomic E-state index is 10.3. The number of epoxide rings is 1. The number of hydrogen-bond acceptors (Lipinski definition) is 3. The Morgan fingerprint density at radius 1 is 1.71 bits per heavy atom. The largest absolute Gasteiger partial charge is 0.372 e. The summed E-state index contributed by atoms with van der Waals surface area (Å²) in [6, 6.07) is 0. The fraction of sp³-hybridized carbons (Fsp3) is 0.667. The van der Waals surface area contributed by atoms with E-state index >= 15 is 0 Å². The van der Waals surface area contributed by atoms with E-state index in [0.717, 1.165) is 6.61 Å². The first-order chi connectivity index (χ1) is 6.47. The molecule has 1 heterocycles. The lowest BCUT2D eigenvalue weighted by molar-refractivity contribution is -0.114. The Kier molecular flexibility index (Phi) is 6.53. The molecule has 1 unspecified atom stereocenters. The molecule has 0 aromatic rings. The third kappa shape index (κ3) is 8.04. The average molecular weight is 221 g/mol. The molecule has 4 nitrogen and oxygen atoms in total. The van der Waals surface area contributed by atoms with Gasteiger partial charge in [0.25, 0.3) is 0 Å². The van der Waals surface area contributed by atoms with Crippen molar-refractivity contribution in [2.75, 3.05) is 33.1 Å². The minimum atomic E-state index is -0.427. The number of nitrogens with two attached hydrogens (primary N) is 1. The summed E-state index contributed by atoms with van der Waals surface area (Å²) in [6.45, 7) is 4.89. The molecule has 2 N–H and O–H groups in total. The summed E-state index contributed by atoms with van der Waals surface area (Å²) >= 11 is 5.27. The summed E-state index contributed by atoms with van der Waals surface area (Å²) < 4.78 is 4.73. The summed E-state index contributed by atoms with van der Waals surface area (Å²) in [5.41, 5.74) is 5.36. The van der Waals surface area contributed by atoms with Gasteiger partial charge in [0, 0.05) is 12.1 Å². The zero-order valence-corrected chi connectivity index (χ0v) is 9.38. The molecule has 0 aromatic heterocycles. The predicted octanol–water partition coefficient (Wildman–Crippen LogP) is 0.214. The number of likely N-dealkylation sites (N-methyl/N-ethyl adjacent to an activating group) is 1. The number of halogens is 1. The highest BCUT2D eigenvalue weighted by Crippen LogP contribution is 2.08. The van der Waals surface area contributed by atoms with Gasteiger partial charge in [0.1, 0.15) is 0 Å². The van der Waals surface area contributed by atoms with Crippen molar-refractivity contribution < 1.29 is 9.53 Å². The molecule has 1 amide bonds. The van der Waals surface area contributed by atoms with Gasteiger partial charge >= 0.3 is 0 Å². The minimum absolute atomic E-state index is 0.400. The van der Waals surface area contributed by atoms with Gasteiger partial charge in [-0.1, -0.05) is 6.58 Å². The van der Waals surface area contributed by atoms with Crippen molar-refractivity contribution in [1.82, 2.24) is 4.90 Å². The van der Waals surface area contributed by atoms with Crippen molar-refractivity contribution in [3.05, 3.63) is 12.2 Å². The predicted molar refractivity (Wildman–Crippen MR) is 57.3 cm³/mol. The van der Waals surface area contributed by atoms with Gasteiger partial charge in [-0.3, -0.25) is 4.79 Å². The van der Waals surface area contributed by atoms with Crippen molar-refractivity contribution in [2.24, 2.45) is 5.73 Å². The molecule has 1 fully saturated rings. The summed E-state index contributed by atoms with van der Waals surface area (Å²) in [4.78, 5) is 12.2. The first kappa shape index (κ1) is 13.4. The minimum Gasteiger partial charge on any atom is -0.372 e. The Labute approximate surface area is 89.6 Å². The molecule has 82 valence electrons. The molecule has 1 aliphatic heterocycles. The van der Waals surface area contributed by atoms with Gasteiger partial charge in [-0.2, -0.15) is 0 Å². The Morgan fingerprint density at radius 2 is 2.21 bits per heavy atom. The van der Waals surface area contributed by atoms with Crippen LogP contribution >= 0.6 is 11.6 Å². The van der Waals surface area contributed by atoms with Gasteiger partial charge in [-0.15, -0.1) is 11.6 Å². The summed E-state index contributed by atoms with van der Waals surface area (Å²) in [7, 11) is 3.71. The standard InChI is InChI=1S/C6H12N2O.C3H5ClO/c1-5(6(7)9)4-8(2)3;4-1-3-2-5-3/h1,4H2,2-3H3,(H2,7,9);3H,1-2H2. The third-order valence-corrected chi connectivity index (χ3v) is 1.77. The molecule has 5 heteroatoms. The average Bonchev–Trinajstić information content (AvgIpc) is 2.86. The van der Waals surface area contributed by atoms with Crippen LogP contribution in [0.15, 0.2) is 12.2 Å². The lowest BCUT2D eigenvalue weighted by atomic mass is 10.3. The number of hydrogen-bond donors (Lipinski definition) is 1. The second kappa shape index (κ2) is 6.81. The number of carbonyl (C=O) groups excluding carboxylic acids is 1. The molecule has 0 bridgehead atoms. The number of ether oxygens (including phenoxy) is 1. The second-order valence-corrected chi connectivity index (χ2v) is 3.62. The molecule has 0 saturated carbocycles. The molecule has 1 aliphatic rings. The van der Waals surface area contributed by atoms with Crippen molar-refractivity contribution in [2.45, 2.75) is 6.10 Å². The van der Waals surface area contributed by atoms with Crippen LogP contribution in [0.2, 0.25) is 0 Å². The fourth-order valence-corrected chi connectivity index (χ4v) is 0.795. The Hall–Kier alpha value is -0.580. The van der Waals surface area contributed by atoms with Gasteiger partial charge in [0.2, 0.25) is 5.91 Å². The molecule has 1 saturated heterocycles. The highest BCUT2D eigenvalue weighted by molar-refractivity contribution is 6.18. The summed E-state index contributed by atoms with van der Waals surface area (Å²) in [5, 5.41) is 0. The number of amides is 1. The molecule has 0 radical (unpaired) electrons. The van der Waals surface area contributed by atoms with E-state index in [1.807, 2.05) is 19.0 Å². The van der Waals surface area contributed by atoms with Gasteiger partial charge in [-0.25, -0.2) is 0 Å². The lowest BCUT2D eigenvalue weighted by Gasteiger charge is -2.08. The number of alkyl halides is 1. The lowest BCUT2D eigenvalue weighted by Crippen LogP contribution is -2.23. The maximum Gasteiger partial charge on any atom is 0.245 e. The van der Waals surface area contributed by atoms with E-state index in [1.165, 1.54) is 0 Å². The molecule has 14 heavy (non-hydrogen) atoms. The number of carbonyl (C=O) groups is 1. The summed E-state index contributed by atoms with van der Waals surface area (Å²) in [6.07, 6.45) is 0.400. The number of nitrogens with zero attached hydrogens (tertiary/aromatic N) is 1. The van der Waals surface area contributed by atoms with E-state index in [4.69, 9.17) is 22.1 Å². The van der Waals surface area contributed by atoms with Crippen LogP contribution in [0.25, 0.3) is 0 Å². The van der Waals surface area contributed by atoms with E-state index in [0.29, 0.717) is 24.1 Å². The Balaban J connectivity index is 0.000000280. The van der Waals surface area contributed by atoms with E-state index in [1.54, 1.807) is 0 Å². The topological polar surface area (TPSA) is 58.9 Å². The van der Waals surface area contributed by atoms with E-state index in [2.05, 4.69) is 6.58 Å².